The van der Waals surface area contributed by atoms with Crippen molar-refractivity contribution in [2.24, 2.45) is 4.99 Å². The van der Waals surface area contributed by atoms with Gasteiger partial charge in [-0.3, -0.25) is 14.4 Å². The van der Waals surface area contributed by atoms with E-state index >= 15 is 0 Å². The van der Waals surface area contributed by atoms with Gasteiger partial charge in [0, 0.05) is 35.8 Å². The van der Waals surface area contributed by atoms with Crippen LogP contribution in [-0.2, 0) is 24.3 Å². The van der Waals surface area contributed by atoms with E-state index in [9.17, 15) is 18.3 Å². The minimum absolute atomic E-state index is 0.0311. The van der Waals surface area contributed by atoms with Gasteiger partial charge in [0.2, 0.25) is 15.9 Å². The molecule has 15 nitrogen and oxygen atoms in total. The highest BCUT2D eigenvalue weighted by atomic mass is 35.5. The zero-order valence-corrected chi connectivity index (χ0v) is 32.4. The van der Waals surface area contributed by atoms with Crippen molar-refractivity contribution >= 4 is 33.2 Å². The van der Waals surface area contributed by atoms with Crippen LogP contribution in [-0.4, -0.2) is 91.7 Å². The second-order valence-electron chi connectivity index (χ2n) is 12.8. The van der Waals surface area contributed by atoms with Crippen LogP contribution in [0.15, 0.2) is 75.1 Å². The number of fused-ring (bicyclic) bond motifs is 3. The average molecular weight is 792 g/mol. The minimum Gasteiger partial charge on any atom is -0.497 e. The Morgan fingerprint density at radius 3 is 2.42 bits per heavy atom. The summed E-state index contributed by atoms with van der Waals surface area (Å²) in [6.45, 7) is 6.84. The number of ether oxygens (including phenoxy) is 3. The number of aromatic hydroxyl groups is 1. The molecule has 2 aromatic heterocycles. The molecule has 0 saturated heterocycles. The minimum atomic E-state index is -3.82. The Balaban J connectivity index is 0.946. The number of methoxy groups -OCH3 is 1. The second-order valence-corrected chi connectivity index (χ2v) is 15.0. The third-order valence-corrected chi connectivity index (χ3v) is 10.8. The van der Waals surface area contributed by atoms with E-state index in [1.165, 1.54) is 6.07 Å². The molecule has 6 rings (SSSR count). The summed E-state index contributed by atoms with van der Waals surface area (Å²) in [4.78, 5) is 18.4. The molecule has 3 aromatic carbocycles. The molecule has 3 N–H and O–H groups in total. The van der Waals surface area contributed by atoms with Crippen LogP contribution in [0.4, 0.5) is 0 Å². The number of nitrogens with zero attached hydrogens (tertiary/aromatic N) is 5. The molecule has 17 heteroatoms. The van der Waals surface area contributed by atoms with Gasteiger partial charge in [-0.2, -0.15) is 0 Å². The molecule has 3 heterocycles. The molecule has 0 bridgehead atoms. The van der Waals surface area contributed by atoms with E-state index in [1.807, 2.05) is 41.8 Å². The van der Waals surface area contributed by atoms with Crippen molar-refractivity contribution in [2.75, 3.05) is 46.6 Å². The van der Waals surface area contributed by atoms with Gasteiger partial charge in [-0.15, -0.1) is 10.2 Å². The standard InChI is InChI=1S/C38H42ClN7O8S/c1-23-6-7-27(35-24(2)45-54-38(35)48)20-33(23)55(49,50)41-14-5-16-52-18-19-53-17-15-40-34(47)22-31-37-44-43-25(3)46(37)32-13-12-29(51-4)21-30(32)36(42-31)26-8-10-28(39)11-9-26/h6-13,20-21,31,41,48H,5,14-19,22H2,1-4H3,(H,40,47)/t31-/m0/s1. The van der Waals surface area contributed by atoms with Crippen molar-refractivity contribution in [3.63, 3.8) is 0 Å². The quantitative estimate of drug-likeness (QED) is 0.107. The molecule has 55 heavy (non-hydrogen) atoms. The van der Waals surface area contributed by atoms with E-state index in [1.54, 1.807) is 45.2 Å². The van der Waals surface area contributed by atoms with Crippen molar-refractivity contribution in [3.05, 3.63) is 99.7 Å². The summed E-state index contributed by atoms with van der Waals surface area (Å²) in [6, 6.07) is 17.3. The van der Waals surface area contributed by atoms with Crippen molar-refractivity contribution in [1.29, 1.82) is 0 Å². The molecule has 1 amide bonds. The van der Waals surface area contributed by atoms with Crippen LogP contribution < -0.4 is 14.8 Å². The van der Waals surface area contributed by atoms with Gasteiger partial charge < -0.3 is 29.2 Å². The summed E-state index contributed by atoms with van der Waals surface area (Å²) in [5.41, 5.74) is 4.97. The van der Waals surface area contributed by atoms with E-state index in [0.717, 1.165) is 16.8 Å². The van der Waals surface area contributed by atoms with Gasteiger partial charge in [-0.1, -0.05) is 41.0 Å². The van der Waals surface area contributed by atoms with Crippen molar-refractivity contribution < 1.29 is 37.1 Å². The first-order chi connectivity index (χ1) is 26.5. The topological polar surface area (TPSA) is 192 Å². The van der Waals surface area contributed by atoms with Crippen LogP contribution in [0.25, 0.3) is 16.8 Å². The number of sulfonamides is 1. The number of hydrogen-bond donors (Lipinski definition) is 3. The lowest BCUT2D eigenvalue weighted by atomic mass is 10.00. The fourth-order valence-electron chi connectivity index (χ4n) is 6.20. The molecule has 0 aliphatic carbocycles. The fourth-order valence-corrected chi connectivity index (χ4v) is 7.67. The van der Waals surface area contributed by atoms with Crippen LogP contribution >= 0.6 is 11.6 Å². The van der Waals surface area contributed by atoms with E-state index in [4.69, 9.17) is 35.3 Å². The molecule has 1 atom stereocenters. The van der Waals surface area contributed by atoms with Gasteiger partial charge in [0.15, 0.2) is 5.82 Å². The molecule has 0 radical (unpaired) electrons. The van der Waals surface area contributed by atoms with E-state index in [-0.39, 0.29) is 42.9 Å². The molecule has 0 spiro atoms. The van der Waals surface area contributed by atoms with E-state index < -0.39 is 16.1 Å². The van der Waals surface area contributed by atoms with Gasteiger partial charge in [-0.05, 0) is 74.7 Å². The SMILES string of the molecule is COc1ccc2c(c1)C(c1ccc(Cl)cc1)=N[C@@H](CC(=O)NCCOCCOCCCNS(=O)(=O)c1cc(-c3c(C)noc3O)ccc1C)c1nnc(C)n1-2. The van der Waals surface area contributed by atoms with Crippen LogP contribution in [0.1, 0.15) is 52.9 Å². The van der Waals surface area contributed by atoms with Gasteiger partial charge in [0.25, 0.3) is 0 Å². The van der Waals surface area contributed by atoms with Crippen LogP contribution in [0.5, 0.6) is 11.7 Å². The van der Waals surface area contributed by atoms with Gasteiger partial charge in [0.1, 0.15) is 17.6 Å². The molecule has 290 valence electrons. The number of benzene rings is 3. The maximum Gasteiger partial charge on any atom is 0.316 e. The maximum absolute atomic E-state index is 13.2. The normalized spacial score (nSPS) is 13.8. The predicted octanol–water partition coefficient (Wildman–Crippen LogP) is 5.02. The van der Waals surface area contributed by atoms with E-state index in [0.29, 0.717) is 76.8 Å². The summed E-state index contributed by atoms with van der Waals surface area (Å²) in [7, 11) is -2.22. The summed E-state index contributed by atoms with van der Waals surface area (Å²) in [5, 5.41) is 26.0. The lowest BCUT2D eigenvalue weighted by molar-refractivity contribution is -0.121. The molecular weight excluding hydrogens is 750 g/mol. The monoisotopic (exact) mass is 791 g/mol. The van der Waals surface area contributed by atoms with Crippen molar-refractivity contribution in [2.45, 2.75) is 44.6 Å². The zero-order valence-electron chi connectivity index (χ0n) is 30.8. The van der Waals surface area contributed by atoms with Crippen LogP contribution in [0.2, 0.25) is 5.02 Å². The van der Waals surface area contributed by atoms with Gasteiger partial charge >= 0.3 is 5.95 Å². The second kappa shape index (κ2) is 17.6. The number of carbonyl (C=O) groups is 1. The largest absolute Gasteiger partial charge is 0.497 e. The number of aromatic nitrogens is 4. The van der Waals surface area contributed by atoms with Crippen molar-refractivity contribution in [3.8, 4) is 28.5 Å². The van der Waals surface area contributed by atoms with Gasteiger partial charge in [0.05, 0.1) is 60.9 Å². The zero-order chi connectivity index (χ0) is 39.1. The summed E-state index contributed by atoms with van der Waals surface area (Å²) in [6.07, 6.45) is 0.470. The molecule has 0 unspecified atom stereocenters. The summed E-state index contributed by atoms with van der Waals surface area (Å²) < 4.78 is 52.2. The lowest BCUT2D eigenvalue weighted by Gasteiger charge is -2.14. The Kier molecular flexibility index (Phi) is 12.6. The molecule has 5 aromatic rings. The number of aryl methyl sites for hydroxylation is 3. The van der Waals surface area contributed by atoms with Gasteiger partial charge in [-0.25, -0.2) is 13.1 Å². The maximum atomic E-state index is 13.2. The molecule has 0 saturated carbocycles. The number of nitrogens with one attached hydrogen (secondary N) is 2. The smallest absolute Gasteiger partial charge is 0.316 e. The van der Waals surface area contributed by atoms with Crippen LogP contribution in [0, 0.1) is 20.8 Å². The number of carbonyl (C=O) groups excluding carboxylic acids is 1. The van der Waals surface area contributed by atoms with E-state index in [2.05, 4.69) is 25.4 Å². The highest BCUT2D eigenvalue weighted by Gasteiger charge is 2.30. The first-order valence-corrected chi connectivity index (χ1v) is 19.5. The molecule has 1 aliphatic heterocycles. The number of rotatable bonds is 17. The Morgan fingerprint density at radius 2 is 1.69 bits per heavy atom. The first-order valence-electron chi connectivity index (χ1n) is 17.6. The molecule has 1 aliphatic rings. The Hall–Kier alpha value is -5.13. The fraction of sp³-hybridized carbons (Fsp3) is 0.342. The highest BCUT2D eigenvalue weighted by molar-refractivity contribution is 7.89. The molecular formula is C38H42ClN7O8S. The average Bonchev–Trinajstić information content (AvgIpc) is 3.68. The number of hydrogen-bond acceptors (Lipinski definition) is 12. The summed E-state index contributed by atoms with van der Waals surface area (Å²) >= 11 is 6.19. The number of halogens is 1. The highest BCUT2D eigenvalue weighted by Crippen LogP contribution is 2.36. The Labute approximate surface area is 323 Å². The summed E-state index contributed by atoms with van der Waals surface area (Å²) in [5.74, 6) is 1.28. The van der Waals surface area contributed by atoms with Crippen molar-refractivity contribution in [1.82, 2.24) is 30.0 Å². The molecule has 0 fully saturated rings. The van der Waals surface area contributed by atoms with Crippen LogP contribution in [0.3, 0.4) is 0 Å². The Morgan fingerprint density at radius 1 is 0.945 bits per heavy atom. The third kappa shape index (κ3) is 9.23. The Bertz CT molecular complexity index is 2270. The number of amides is 1. The third-order valence-electron chi connectivity index (χ3n) is 8.94. The number of aliphatic imine (C=N–C) groups is 1. The lowest BCUT2D eigenvalue weighted by Crippen LogP contribution is -2.29. The first kappa shape index (κ1) is 39.6. The predicted molar refractivity (Wildman–Crippen MR) is 205 cm³/mol.